The van der Waals surface area contributed by atoms with Crippen LogP contribution in [0.4, 0.5) is 0 Å². The summed E-state index contributed by atoms with van der Waals surface area (Å²) in [5.41, 5.74) is 1.39. The average Bonchev–Trinajstić information content (AvgIpc) is 3.03. The average molecular weight is 339 g/mol. The number of fused-ring (bicyclic) bond motifs is 1. The number of nitrogens with one attached hydrogen (secondary N) is 1. The lowest BCUT2D eigenvalue weighted by molar-refractivity contribution is -0.122. The second-order valence-electron chi connectivity index (χ2n) is 6.00. The summed E-state index contributed by atoms with van der Waals surface area (Å²) in [6.07, 6.45) is 2.42. The highest BCUT2D eigenvalue weighted by atomic mass is 16.2. The van der Waals surface area contributed by atoms with Gasteiger partial charge in [0.05, 0.1) is 22.8 Å². The van der Waals surface area contributed by atoms with Crippen molar-refractivity contribution in [2.45, 2.75) is 32.9 Å². The summed E-state index contributed by atoms with van der Waals surface area (Å²) in [5, 5.41) is 12.7. The molecule has 0 saturated heterocycles. The van der Waals surface area contributed by atoms with Gasteiger partial charge in [-0.05, 0) is 25.5 Å². The molecule has 0 unspecified atom stereocenters. The van der Waals surface area contributed by atoms with Gasteiger partial charge in [-0.15, -0.1) is 0 Å². The molecule has 0 saturated carbocycles. The molecule has 0 aliphatic carbocycles. The number of aryl methyl sites for hydroxylation is 2. The van der Waals surface area contributed by atoms with E-state index in [0.717, 1.165) is 23.2 Å². The molecule has 7 nitrogen and oxygen atoms in total. The van der Waals surface area contributed by atoms with Crippen LogP contribution in [0, 0.1) is 6.92 Å². The minimum atomic E-state index is -0.259. The molecule has 1 aromatic carbocycles. The molecule has 0 aliphatic heterocycles. The van der Waals surface area contributed by atoms with E-state index in [2.05, 4.69) is 15.5 Å². The molecule has 7 heteroatoms. The number of amides is 1. The first-order chi connectivity index (χ1) is 12.0. The summed E-state index contributed by atoms with van der Waals surface area (Å²) in [6.45, 7) is 3.71. The summed E-state index contributed by atoms with van der Waals surface area (Å²) in [4.78, 5) is 25.0. The topological polar surface area (TPSA) is 81.8 Å². The third-order valence-electron chi connectivity index (χ3n) is 4.31. The number of hydrogen-bond acceptors (Lipinski definition) is 4. The van der Waals surface area contributed by atoms with Crippen molar-refractivity contribution in [3.05, 3.63) is 58.3 Å². The first-order valence-electron chi connectivity index (χ1n) is 8.25. The third-order valence-corrected chi connectivity index (χ3v) is 4.31. The second kappa shape index (κ2) is 6.88. The number of rotatable bonds is 5. The Morgan fingerprint density at radius 2 is 1.96 bits per heavy atom. The van der Waals surface area contributed by atoms with Gasteiger partial charge in [-0.1, -0.05) is 25.1 Å². The number of nitrogens with zero attached hydrogens (tertiary/aromatic N) is 4. The van der Waals surface area contributed by atoms with Crippen molar-refractivity contribution < 1.29 is 4.79 Å². The molecule has 0 bridgehead atoms. The highest BCUT2D eigenvalue weighted by Gasteiger charge is 2.17. The number of carbonyl (C=O) groups is 1. The Morgan fingerprint density at radius 3 is 2.60 bits per heavy atom. The SMILES string of the molecule is CC[C@@H](NC(=O)Cn1nc(C)c2ccccc2c1=O)c1ccnn1C. The highest BCUT2D eigenvalue weighted by Crippen LogP contribution is 2.15. The van der Waals surface area contributed by atoms with Gasteiger partial charge in [-0.2, -0.15) is 10.2 Å². The summed E-state index contributed by atoms with van der Waals surface area (Å²) in [7, 11) is 1.84. The maximum absolute atomic E-state index is 12.6. The lowest BCUT2D eigenvalue weighted by atomic mass is 10.1. The Balaban J connectivity index is 1.84. The van der Waals surface area contributed by atoms with Gasteiger partial charge in [-0.25, -0.2) is 4.68 Å². The number of carbonyl (C=O) groups excluding carboxylic acids is 1. The fourth-order valence-corrected chi connectivity index (χ4v) is 3.00. The van der Waals surface area contributed by atoms with Crippen molar-refractivity contribution in [3.63, 3.8) is 0 Å². The molecule has 1 atom stereocenters. The van der Waals surface area contributed by atoms with Crippen LogP contribution in [0.25, 0.3) is 10.8 Å². The van der Waals surface area contributed by atoms with Crippen molar-refractivity contribution in [1.82, 2.24) is 24.9 Å². The van der Waals surface area contributed by atoms with Crippen LogP contribution < -0.4 is 10.9 Å². The summed E-state index contributed by atoms with van der Waals surface area (Å²) in [6, 6.07) is 9.01. The van der Waals surface area contributed by atoms with Gasteiger partial charge in [0.2, 0.25) is 5.91 Å². The number of hydrogen-bond donors (Lipinski definition) is 1. The van der Waals surface area contributed by atoms with Gasteiger partial charge < -0.3 is 5.32 Å². The Kier molecular flexibility index (Phi) is 4.65. The Hall–Kier alpha value is -2.96. The lowest BCUT2D eigenvalue weighted by Crippen LogP contribution is -2.36. The van der Waals surface area contributed by atoms with E-state index >= 15 is 0 Å². The first kappa shape index (κ1) is 16.9. The van der Waals surface area contributed by atoms with Crippen LogP contribution in [0.1, 0.15) is 30.8 Å². The predicted molar refractivity (Wildman–Crippen MR) is 95.1 cm³/mol. The molecule has 0 fully saturated rings. The van der Waals surface area contributed by atoms with Crippen LogP contribution in [0.15, 0.2) is 41.3 Å². The molecular formula is C18H21N5O2. The smallest absolute Gasteiger partial charge is 0.275 e. The predicted octanol–water partition coefficient (Wildman–Crippen LogP) is 1.71. The van der Waals surface area contributed by atoms with E-state index in [9.17, 15) is 9.59 Å². The van der Waals surface area contributed by atoms with Gasteiger partial charge >= 0.3 is 0 Å². The van der Waals surface area contributed by atoms with E-state index in [1.165, 1.54) is 4.68 Å². The molecule has 2 heterocycles. The van der Waals surface area contributed by atoms with Gasteiger partial charge in [0, 0.05) is 18.6 Å². The van der Waals surface area contributed by atoms with Crippen molar-refractivity contribution in [3.8, 4) is 0 Å². The molecule has 1 amide bonds. The minimum absolute atomic E-state index is 0.112. The van der Waals surface area contributed by atoms with E-state index in [1.807, 2.05) is 45.2 Å². The summed E-state index contributed by atoms with van der Waals surface area (Å²) >= 11 is 0. The van der Waals surface area contributed by atoms with Crippen LogP contribution >= 0.6 is 0 Å². The Labute approximate surface area is 145 Å². The molecule has 130 valence electrons. The molecular weight excluding hydrogens is 318 g/mol. The summed E-state index contributed by atoms with van der Waals surface area (Å²) in [5.74, 6) is -0.252. The van der Waals surface area contributed by atoms with E-state index in [-0.39, 0.29) is 24.1 Å². The van der Waals surface area contributed by atoms with E-state index in [4.69, 9.17) is 0 Å². The van der Waals surface area contributed by atoms with Gasteiger partial charge in [0.1, 0.15) is 6.54 Å². The van der Waals surface area contributed by atoms with Crippen LogP contribution in [0.2, 0.25) is 0 Å². The molecule has 1 N–H and O–H groups in total. The van der Waals surface area contributed by atoms with E-state index in [1.54, 1.807) is 16.9 Å². The van der Waals surface area contributed by atoms with Gasteiger partial charge in [-0.3, -0.25) is 14.3 Å². The third kappa shape index (κ3) is 3.31. The fraction of sp³-hybridized carbons (Fsp3) is 0.333. The molecule has 2 aromatic heterocycles. The highest BCUT2D eigenvalue weighted by molar-refractivity contribution is 5.83. The van der Waals surface area contributed by atoms with Crippen LogP contribution in [-0.4, -0.2) is 25.5 Å². The number of benzene rings is 1. The maximum atomic E-state index is 12.6. The monoisotopic (exact) mass is 339 g/mol. The molecule has 3 rings (SSSR count). The Morgan fingerprint density at radius 1 is 1.24 bits per heavy atom. The zero-order chi connectivity index (χ0) is 18.0. The largest absolute Gasteiger partial charge is 0.346 e. The number of aromatic nitrogens is 4. The van der Waals surface area contributed by atoms with Crippen LogP contribution in [0.3, 0.4) is 0 Å². The zero-order valence-corrected chi connectivity index (χ0v) is 14.6. The fourth-order valence-electron chi connectivity index (χ4n) is 3.00. The van der Waals surface area contributed by atoms with Gasteiger partial charge in [0.15, 0.2) is 0 Å². The molecule has 0 radical (unpaired) electrons. The van der Waals surface area contributed by atoms with Crippen molar-refractivity contribution in [1.29, 1.82) is 0 Å². The minimum Gasteiger partial charge on any atom is -0.346 e. The summed E-state index contributed by atoms with van der Waals surface area (Å²) < 4.78 is 2.96. The zero-order valence-electron chi connectivity index (χ0n) is 14.6. The standard InChI is InChI=1S/C18H21N5O2/c1-4-15(16-9-10-19-22(16)3)20-17(24)11-23-18(25)14-8-6-5-7-13(14)12(2)21-23/h5-10,15H,4,11H2,1-3H3,(H,20,24)/t15-/m1/s1. The molecule has 25 heavy (non-hydrogen) atoms. The van der Waals surface area contributed by atoms with Crippen LogP contribution in [0.5, 0.6) is 0 Å². The molecule has 0 spiro atoms. The van der Waals surface area contributed by atoms with Crippen LogP contribution in [-0.2, 0) is 18.4 Å². The lowest BCUT2D eigenvalue weighted by Gasteiger charge is -2.17. The normalized spacial score (nSPS) is 12.3. The van der Waals surface area contributed by atoms with Crippen molar-refractivity contribution >= 4 is 16.7 Å². The van der Waals surface area contributed by atoms with Crippen molar-refractivity contribution in [2.24, 2.45) is 7.05 Å². The second-order valence-corrected chi connectivity index (χ2v) is 6.00. The van der Waals surface area contributed by atoms with Crippen molar-refractivity contribution in [2.75, 3.05) is 0 Å². The molecule has 3 aromatic rings. The maximum Gasteiger partial charge on any atom is 0.275 e. The van der Waals surface area contributed by atoms with E-state index < -0.39 is 0 Å². The first-order valence-corrected chi connectivity index (χ1v) is 8.25. The van der Waals surface area contributed by atoms with E-state index in [0.29, 0.717) is 5.39 Å². The molecule has 0 aliphatic rings. The van der Waals surface area contributed by atoms with Gasteiger partial charge in [0.25, 0.3) is 5.56 Å². The Bertz CT molecular complexity index is 973. The quantitative estimate of drug-likeness (QED) is 0.767.